The minimum atomic E-state index is -0.206. The van der Waals surface area contributed by atoms with Crippen molar-refractivity contribution in [2.45, 2.75) is 64.9 Å². The van der Waals surface area contributed by atoms with Gasteiger partial charge in [-0.15, -0.1) is 0 Å². The predicted octanol–water partition coefficient (Wildman–Crippen LogP) is 5.51. The van der Waals surface area contributed by atoms with Crippen molar-refractivity contribution in [3.8, 4) is 11.5 Å². The standard InChI is InChI=1S/C28H33NO4/c1-17(2)16-32-22-9-5-19(6-10-22)21-13-25-28(26(30)14-21)24(15-27(31)29-25)20-7-11-23(12-8-20)33-18(3)4/h5-12,17-18,21,24H,13-16H2,1-4H3,(H,29,31). The molecule has 1 aliphatic heterocycles. The number of hydrogen-bond donors (Lipinski definition) is 1. The van der Waals surface area contributed by atoms with Crippen molar-refractivity contribution in [1.29, 1.82) is 0 Å². The Balaban J connectivity index is 1.54. The van der Waals surface area contributed by atoms with Crippen molar-refractivity contribution in [3.05, 3.63) is 70.9 Å². The first-order chi connectivity index (χ1) is 15.8. The summed E-state index contributed by atoms with van der Waals surface area (Å²) in [5.41, 5.74) is 3.62. The molecule has 33 heavy (non-hydrogen) atoms. The molecule has 2 aliphatic rings. The van der Waals surface area contributed by atoms with E-state index in [9.17, 15) is 9.59 Å². The highest BCUT2D eigenvalue weighted by Crippen LogP contribution is 2.43. The molecular formula is C28H33NO4. The maximum absolute atomic E-state index is 13.3. The molecule has 2 atom stereocenters. The van der Waals surface area contributed by atoms with Gasteiger partial charge in [0.05, 0.1) is 12.7 Å². The minimum absolute atomic E-state index is 0.0351. The summed E-state index contributed by atoms with van der Waals surface area (Å²) < 4.78 is 11.5. The van der Waals surface area contributed by atoms with E-state index in [1.165, 1.54) is 0 Å². The molecule has 2 aromatic rings. The molecule has 1 heterocycles. The molecule has 4 rings (SSSR count). The molecule has 0 saturated heterocycles. The lowest BCUT2D eigenvalue weighted by Crippen LogP contribution is -2.38. The van der Waals surface area contributed by atoms with Crippen LogP contribution in [0.3, 0.4) is 0 Å². The number of carbonyl (C=O) groups is 2. The van der Waals surface area contributed by atoms with E-state index in [1.54, 1.807) is 0 Å². The van der Waals surface area contributed by atoms with Gasteiger partial charge >= 0.3 is 0 Å². The fraction of sp³-hybridized carbons (Fsp3) is 0.429. The predicted molar refractivity (Wildman–Crippen MR) is 128 cm³/mol. The van der Waals surface area contributed by atoms with Gasteiger partial charge in [-0.05, 0) is 67.5 Å². The van der Waals surface area contributed by atoms with Crippen molar-refractivity contribution in [1.82, 2.24) is 5.32 Å². The van der Waals surface area contributed by atoms with E-state index in [-0.39, 0.29) is 29.6 Å². The van der Waals surface area contributed by atoms with Gasteiger partial charge in [-0.25, -0.2) is 0 Å². The lowest BCUT2D eigenvalue weighted by molar-refractivity contribution is -0.122. The number of carbonyl (C=O) groups excluding carboxylic acids is 2. The summed E-state index contributed by atoms with van der Waals surface area (Å²) in [6.45, 7) is 8.88. The SMILES string of the molecule is CC(C)COc1ccc(C2CC(=O)C3=C(C2)NC(=O)CC3c2ccc(OC(C)C)cc2)cc1. The van der Waals surface area contributed by atoms with E-state index in [0.717, 1.165) is 33.9 Å². The molecule has 0 radical (unpaired) electrons. The Morgan fingerprint density at radius 2 is 1.48 bits per heavy atom. The molecule has 2 aromatic carbocycles. The molecule has 0 spiro atoms. The van der Waals surface area contributed by atoms with Crippen molar-refractivity contribution in [2.75, 3.05) is 6.61 Å². The summed E-state index contributed by atoms with van der Waals surface area (Å²) in [7, 11) is 0. The zero-order valence-corrected chi connectivity index (χ0v) is 19.9. The number of ketones is 1. The quantitative estimate of drug-likeness (QED) is 0.608. The largest absolute Gasteiger partial charge is 0.493 e. The third-order valence-corrected chi connectivity index (χ3v) is 6.13. The van der Waals surface area contributed by atoms with Crippen LogP contribution in [0, 0.1) is 5.92 Å². The molecular weight excluding hydrogens is 414 g/mol. The van der Waals surface area contributed by atoms with Gasteiger partial charge in [0, 0.05) is 30.0 Å². The lowest BCUT2D eigenvalue weighted by atomic mass is 9.73. The Morgan fingerprint density at radius 3 is 2.12 bits per heavy atom. The fourth-order valence-corrected chi connectivity index (χ4v) is 4.63. The maximum atomic E-state index is 13.3. The van der Waals surface area contributed by atoms with Gasteiger partial charge in [-0.3, -0.25) is 9.59 Å². The number of nitrogens with one attached hydrogen (secondary N) is 1. The van der Waals surface area contributed by atoms with Crippen LogP contribution in [0.25, 0.3) is 0 Å². The average molecular weight is 448 g/mol. The Labute approximate surface area is 196 Å². The molecule has 5 nitrogen and oxygen atoms in total. The second-order valence-electron chi connectivity index (χ2n) is 9.73. The molecule has 1 N–H and O–H groups in total. The number of hydrogen-bond acceptors (Lipinski definition) is 4. The van der Waals surface area contributed by atoms with Crippen molar-refractivity contribution in [3.63, 3.8) is 0 Å². The zero-order valence-electron chi connectivity index (χ0n) is 19.9. The van der Waals surface area contributed by atoms with E-state index in [0.29, 0.717) is 31.8 Å². The molecule has 0 saturated carbocycles. The minimum Gasteiger partial charge on any atom is -0.493 e. The topological polar surface area (TPSA) is 64.6 Å². The Hall–Kier alpha value is -3.08. The van der Waals surface area contributed by atoms with E-state index >= 15 is 0 Å². The highest BCUT2D eigenvalue weighted by atomic mass is 16.5. The van der Waals surface area contributed by atoms with Gasteiger partial charge in [-0.1, -0.05) is 38.1 Å². The van der Waals surface area contributed by atoms with Crippen LogP contribution in [-0.4, -0.2) is 24.4 Å². The van der Waals surface area contributed by atoms with Crippen LogP contribution in [0.4, 0.5) is 0 Å². The summed E-state index contributed by atoms with van der Waals surface area (Å²) in [6.07, 6.45) is 1.50. The molecule has 2 unspecified atom stereocenters. The average Bonchev–Trinajstić information content (AvgIpc) is 2.77. The van der Waals surface area contributed by atoms with E-state index < -0.39 is 0 Å². The number of rotatable bonds is 7. The second-order valence-corrected chi connectivity index (χ2v) is 9.73. The van der Waals surface area contributed by atoms with Gasteiger partial charge in [0.2, 0.25) is 5.91 Å². The van der Waals surface area contributed by atoms with Crippen molar-refractivity contribution >= 4 is 11.7 Å². The maximum Gasteiger partial charge on any atom is 0.225 e. The number of benzene rings is 2. The van der Waals surface area contributed by atoms with E-state index in [2.05, 4.69) is 19.2 Å². The molecule has 5 heteroatoms. The first kappa shape index (κ1) is 23.1. The molecule has 1 amide bonds. The number of Topliss-reactive ketones (excluding diaryl/α,β-unsaturated/α-hetero) is 1. The van der Waals surface area contributed by atoms with Gasteiger partial charge in [0.25, 0.3) is 0 Å². The fourth-order valence-electron chi connectivity index (χ4n) is 4.63. The zero-order chi connectivity index (χ0) is 23.5. The molecule has 0 fully saturated rings. The highest BCUT2D eigenvalue weighted by molar-refractivity contribution is 6.02. The van der Waals surface area contributed by atoms with Crippen LogP contribution in [-0.2, 0) is 9.59 Å². The van der Waals surface area contributed by atoms with Gasteiger partial charge in [-0.2, -0.15) is 0 Å². The van der Waals surface area contributed by atoms with E-state index in [1.807, 2.05) is 62.4 Å². The molecule has 174 valence electrons. The lowest BCUT2D eigenvalue weighted by Gasteiger charge is -2.34. The Kier molecular flexibility index (Phi) is 6.87. The van der Waals surface area contributed by atoms with Crippen molar-refractivity contribution in [2.24, 2.45) is 5.92 Å². The monoisotopic (exact) mass is 447 g/mol. The van der Waals surface area contributed by atoms with Crippen LogP contribution in [0.15, 0.2) is 59.8 Å². The summed E-state index contributed by atoms with van der Waals surface area (Å²) in [5, 5.41) is 3.00. The molecule has 1 aliphatic carbocycles. The van der Waals surface area contributed by atoms with Gasteiger partial charge < -0.3 is 14.8 Å². The highest BCUT2D eigenvalue weighted by Gasteiger charge is 2.38. The van der Waals surface area contributed by atoms with Crippen LogP contribution in [0.5, 0.6) is 11.5 Å². The van der Waals surface area contributed by atoms with Gasteiger partial charge in [0.15, 0.2) is 5.78 Å². The third kappa shape index (κ3) is 5.47. The number of allylic oxidation sites excluding steroid dienone is 2. The molecule has 0 aromatic heterocycles. The summed E-state index contributed by atoms with van der Waals surface area (Å²) in [6, 6.07) is 15.8. The molecule has 0 bridgehead atoms. The van der Waals surface area contributed by atoms with Crippen LogP contribution in [0.1, 0.15) is 69.9 Å². The first-order valence-electron chi connectivity index (χ1n) is 11.9. The van der Waals surface area contributed by atoms with Crippen LogP contribution < -0.4 is 14.8 Å². The van der Waals surface area contributed by atoms with E-state index in [4.69, 9.17) is 9.47 Å². The van der Waals surface area contributed by atoms with Crippen LogP contribution >= 0.6 is 0 Å². The summed E-state index contributed by atoms with van der Waals surface area (Å²) in [5.74, 6) is 2.02. The number of ether oxygens (including phenoxy) is 2. The first-order valence-corrected chi connectivity index (χ1v) is 11.9. The number of amides is 1. The Bertz CT molecular complexity index is 1030. The van der Waals surface area contributed by atoms with Crippen molar-refractivity contribution < 1.29 is 19.1 Å². The van der Waals surface area contributed by atoms with Gasteiger partial charge in [0.1, 0.15) is 11.5 Å². The normalized spacial score (nSPS) is 20.7. The second kappa shape index (κ2) is 9.82. The van der Waals surface area contributed by atoms with Crippen LogP contribution in [0.2, 0.25) is 0 Å². The summed E-state index contributed by atoms with van der Waals surface area (Å²) >= 11 is 0. The summed E-state index contributed by atoms with van der Waals surface area (Å²) in [4.78, 5) is 25.8. The third-order valence-electron chi connectivity index (χ3n) is 6.13. The Morgan fingerprint density at radius 1 is 0.848 bits per heavy atom. The smallest absolute Gasteiger partial charge is 0.225 e.